The summed E-state index contributed by atoms with van der Waals surface area (Å²) in [5, 5.41) is 3.38. The number of ether oxygens (including phenoxy) is 1. The Morgan fingerprint density at radius 3 is 2.40 bits per heavy atom. The van der Waals surface area contributed by atoms with Crippen molar-refractivity contribution < 1.29 is 4.74 Å². The Hall–Kier alpha value is -0.0800. The van der Waals surface area contributed by atoms with Crippen molar-refractivity contribution in [3.8, 4) is 0 Å². The van der Waals surface area contributed by atoms with Gasteiger partial charge in [0.25, 0.3) is 0 Å². The van der Waals surface area contributed by atoms with Gasteiger partial charge in [0.1, 0.15) is 0 Å². The second-order valence-electron chi connectivity index (χ2n) is 5.84. The van der Waals surface area contributed by atoms with E-state index >= 15 is 0 Å². The Labute approximate surface area is 94.8 Å². The van der Waals surface area contributed by atoms with Gasteiger partial charge in [-0.3, -0.25) is 0 Å². The first-order valence-electron chi connectivity index (χ1n) is 6.34. The molecule has 1 aliphatic rings. The maximum atomic E-state index is 5.86. The average molecular weight is 213 g/mol. The zero-order chi connectivity index (χ0) is 11.3. The fourth-order valence-electron chi connectivity index (χ4n) is 2.11. The Bertz CT molecular complexity index is 167. The third kappa shape index (κ3) is 5.53. The van der Waals surface area contributed by atoms with E-state index in [4.69, 9.17) is 4.74 Å². The minimum absolute atomic E-state index is 0.520. The SMILES string of the molecule is CC(C)NCCOC1CCC(C)(C)CC1. The molecule has 0 radical (unpaired) electrons. The van der Waals surface area contributed by atoms with Crippen LogP contribution in [-0.4, -0.2) is 25.3 Å². The van der Waals surface area contributed by atoms with E-state index in [0.29, 0.717) is 17.6 Å². The van der Waals surface area contributed by atoms with Crippen LogP contribution in [0.5, 0.6) is 0 Å². The summed E-state index contributed by atoms with van der Waals surface area (Å²) in [6.07, 6.45) is 5.64. The van der Waals surface area contributed by atoms with Gasteiger partial charge >= 0.3 is 0 Å². The third-order valence-corrected chi connectivity index (χ3v) is 3.29. The van der Waals surface area contributed by atoms with Gasteiger partial charge in [-0.2, -0.15) is 0 Å². The minimum atomic E-state index is 0.520. The van der Waals surface area contributed by atoms with Gasteiger partial charge in [0.15, 0.2) is 0 Å². The quantitative estimate of drug-likeness (QED) is 0.709. The van der Waals surface area contributed by atoms with E-state index in [9.17, 15) is 0 Å². The number of hydrogen-bond acceptors (Lipinski definition) is 2. The molecule has 2 heteroatoms. The minimum Gasteiger partial charge on any atom is -0.377 e. The zero-order valence-electron chi connectivity index (χ0n) is 10.8. The molecule has 90 valence electrons. The molecule has 0 aromatic rings. The highest BCUT2D eigenvalue weighted by Gasteiger charge is 2.26. The summed E-state index contributed by atoms with van der Waals surface area (Å²) >= 11 is 0. The first-order valence-corrected chi connectivity index (χ1v) is 6.34. The lowest BCUT2D eigenvalue weighted by molar-refractivity contribution is 0.00557. The molecule has 0 spiro atoms. The molecule has 0 aromatic heterocycles. The first kappa shape index (κ1) is 13.0. The molecule has 1 N–H and O–H groups in total. The smallest absolute Gasteiger partial charge is 0.0594 e. The summed E-state index contributed by atoms with van der Waals surface area (Å²) in [7, 11) is 0. The fourth-order valence-corrected chi connectivity index (χ4v) is 2.11. The van der Waals surface area contributed by atoms with Crippen LogP contribution < -0.4 is 5.32 Å². The van der Waals surface area contributed by atoms with Crippen molar-refractivity contribution in [3.63, 3.8) is 0 Å². The summed E-state index contributed by atoms with van der Waals surface area (Å²) in [5.41, 5.74) is 0.552. The monoisotopic (exact) mass is 213 g/mol. The molecule has 0 saturated heterocycles. The Kier molecular flexibility index (Phi) is 5.07. The van der Waals surface area contributed by atoms with Crippen LogP contribution in [0, 0.1) is 5.41 Å². The topological polar surface area (TPSA) is 21.3 Å². The lowest BCUT2D eigenvalue weighted by Crippen LogP contribution is -2.31. The number of hydrogen-bond donors (Lipinski definition) is 1. The zero-order valence-corrected chi connectivity index (χ0v) is 10.8. The second-order valence-corrected chi connectivity index (χ2v) is 5.84. The van der Waals surface area contributed by atoms with Gasteiger partial charge in [-0.1, -0.05) is 27.7 Å². The van der Waals surface area contributed by atoms with Crippen molar-refractivity contribution in [2.75, 3.05) is 13.2 Å². The van der Waals surface area contributed by atoms with Gasteiger partial charge in [0.05, 0.1) is 12.7 Å². The molecule has 15 heavy (non-hydrogen) atoms. The first-order chi connectivity index (χ1) is 6.99. The average Bonchev–Trinajstić information content (AvgIpc) is 2.14. The molecule has 0 aromatic carbocycles. The van der Waals surface area contributed by atoms with Gasteiger partial charge < -0.3 is 10.1 Å². The largest absolute Gasteiger partial charge is 0.377 e. The van der Waals surface area contributed by atoms with Gasteiger partial charge in [0, 0.05) is 12.6 Å². The molecular formula is C13H27NO. The van der Waals surface area contributed by atoms with Gasteiger partial charge in [0.2, 0.25) is 0 Å². The summed E-state index contributed by atoms with van der Waals surface area (Å²) in [5.74, 6) is 0. The van der Waals surface area contributed by atoms with Crippen LogP contribution in [0.3, 0.4) is 0 Å². The van der Waals surface area contributed by atoms with Gasteiger partial charge in [-0.05, 0) is 31.1 Å². The summed E-state index contributed by atoms with van der Waals surface area (Å²) in [4.78, 5) is 0. The van der Waals surface area contributed by atoms with E-state index in [1.54, 1.807) is 0 Å². The summed E-state index contributed by atoms with van der Waals surface area (Å²) in [6.45, 7) is 10.9. The molecule has 0 aliphatic heterocycles. The molecule has 0 heterocycles. The van der Waals surface area contributed by atoms with E-state index in [-0.39, 0.29) is 0 Å². The van der Waals surface area contributed by atoms with Crippen molar-refractivity contribution in [2.24, 2.45) is 5.41 Å². The Balaban J connectivity index is 2.04. The lowest BCUT2D eigenvalue weighted by Gasteiger charge is -2.34. The Morgan fingerprint density at radius 2 is 1.87 bits per heavy atom. The van der Waals surface area contributed by atoms with E-state index in [2.05, 4.69) is 33.0 Å². The van der Waals surface area contributed by atoms with Crippen LogP contribution >= 0.6 is 0 Å². The molecule has 0 bridgehead atoms. The van der Waals surface area contributed by atoms with E-state index in [1.807, 2.05) is 0 Å². The molecule has 1 fully saturated rings. The fraction of sp³-hybridized carbons (Fsp3) is 1.00. The van der Waals surface area contributed by atoms with E-state index < -0.39 is 0 Å². The molecule has 1 rings (SSSR count). The van der Waals surface area contributed by atoms with Crippen molar-refractivity contribution in [1.29, 1.82) is 0 Å². The van der Waals surface area contributed by atoms with Crippen molar-refractivity contribution >= 4 is 0 Å². The second kappa shape index (κ2) is 5.86. The maximum Gasteiger partial charge on any atom is 0.0594 e. The highest BCUT2D eigenvalue weighted by Crippen LogP contribution is 2.35. The molecule has 0 atom stereocenters. The Morgan fingerprint density at radius 1 is 1.27 bits per heavy atom. The van der Waals surface area contributed by atoms with Crippen LogP contribution in [0.4, 0.5) is 0 Å². The highest BCUT2D eigenvalue weighted by molar-refractivity contribution is 4.78. The number of nitrogens with one attached hydrogen (secondary N) is 1. The predicted octanol–water partition coefficient (Wildman–Crippen LogP) is 2.97. The predicted molar refractivity (Wildman–Crippen MR) is 65.1 cm³/mol. The van der Waals surface area contributed by atoms with Crippen LogP contribution in [0.25, 0.3) is 0 Å². The van der Waals surface area contributed by atoms with Crippen LogP contribution in [-0.2, 0) is 4.74 Å². The normalized spacial score (nSPS) is 22.2. The summed E-state index contributed by atoms with van der Waals surface area (Å²) < 4.78 is 5.86. The third-order valence-electron chi connectivity index (χ3n) is 3.29. The van der Waals surface area contributed by atoms with Crippen molar-refractivity contribution in [2.45, 2.75) is 65.5 Å². The molecule has 0 unspecified atom stereocenters. The molecule has 1 aliphatic carbocycles. The molecule has 0 amide bonds. The van der Waals surface area contributed by atoms with Crippen molar-refractivity contribution in [3.05, 3.63) is 0 Å². The highest BCUT2D eigenvalue weighted by atomic mass is 16.5. The van der Waals surface area contributed by atoms with E-state index in [0.717, 1.165) is 13.2 Å². The van der Waals surface area contributed by atoms with Crippen molar-refractivity contribution in [1.82, 2.24) is 5.32 Å². The van der Waals surface area contributed by atoms with Gasteiger partial charge in [-0.25, -0.2) is 0 Å². The molecule has 1 saturated carbocycles. The van der Waals surface area contributed by atoms with Crippen LogP contribution in [0.2, 0.25) is 0 Å². The van der Waals surface area contributed by atoms with E-state index in [1.165, 1.54) is 25.7 Å². The van der Waals surface area contributed by atoms with Crippen LogP contribution in [0.1, 0.15) is 53.4 Å². The van der Waals surface area contributed by atoms with Crippen LogP contribution in [0.15, 0.2) is 0 Å². The molecular weight excluding hydrogens is 186 g/mol. The number of rotatable bonds is 5. The van der Waals surface area contributed by atoms with Gasteiger partial charge in [-0.15, -0.1) is 0 Å². The molecule has 2 nitrogen and oxygen atoms in total. The standard InChI is InChI=1S/C13H27NO/c1-11(2)14-9-10-15-12-5-7-13(3,4)8-6-12/h11-12,14H,5-10H2,1-4H3. The lowest BCUT2D eigenvalue weighted by atomic mass is 9.76. The maximum absolute atomic E-state index is 5.86. The summed E-state index contributed by atoms with van der Waals surface area (Å²) in [6, 6.07) is 0.568.